The molecule has 0 saturated heterocycles. The summed E-state index contributed by atoms with van der Waals surface area (Å²) in [5.41, 5.74) is 3.01. The van der Waals surface area contributed by atoms with Gasteiger partial charge in [-0.2, -0.15) is 0 Å². The van der Waals surface area contributed by atoms with Crippen LogP contribution in [-0.4, -0.2) is 28.8 Å². The Morgan fingerprint density at radius 2 is 1.71 bits per heavy atom. The molecule has 4 nitrogen and oxygen atoms in total. The molecule has 0 heterocycles. The molecule has 0 unspecified atom stereocenters. The van der Waals surface area contributed by atoms with Crippen LogP contribution >= 0.6 is 11.6 Å². The Morgan fingerprint density at radius 3 is 2.32 bits per heavy atom. The summed E-state index contributed by atoms with van der Waals surface area (Å²) >= 11 is 5.94. The van der Waals surface area contributed by atoms with Gasteiger partial charge in [-0.05, 0) is 56.0 Å². The lowest BCUT2D eigenvalue weighted by molar-refractivity contribution is -0.140. The highest BCUT2D eigenvalue weighted by Crippen LogP contribution is 2.16. The Labute approximate surface area is 172 Å². The number of rotatable bonds is 8. The van der Waals surface area contributed by atoms with Crippen molar-refractivity contribution in [3.63, 3.8) is 0 Å². The minimum absolute atomic E-state index is 0.0710. The van der Waals surface area contributed by atoms with E-state index in [9.17, 15) is 9.59 Å². The van der Waals surface area contributed by atoms with Gasteiger partial charge in [0.2, 0.25) is 11.8 Å². The van der Waals surface area contributed by atoms with Crippen molar-refractivity contribution < 1.29 is 9.59 Å². The van der Waals surface area contributed by atoms with Crippen molar-refractivity contribution in [3.05, 3.63) is 70.2 Å². The van der Waals surface area contributed by atoms with E-state index in [0.717, 1.165) is 23.1 Å². The summed E-state index contributed by atoms with van der Waals surface area (Å²) in [7, 11) is 0. The molecule has 0 radical (unpaired) electrons. The van der Waals surface area contributed by atoms with Gasteiger partial charge in [-0.3, -0.25) is 9.59 Å². The van der Waals surface area contributed by atoms with Gasteiger partial charge in [0.05, 0.1) is 6.42 Å². The number of hydrogen-bond donors (Lipinski definition) is 1. The van der Waals surface area contributed by atoms with Gasteiger partial charge in [0.15, 0.2) is 0 Å². The number of hydrogen-bond acceptors (Lipinski definition) is 2. The zero-order valence-electron chi connectivity index (χ0n) is 17.0. The van der Waals surface area contributed by atoms with E-state index in [1.54, 1.807) is 24.0 Å². The number of carbonyl (C=O) groups is 2. The van der Waals surface area contributed by atoms with E-state index in [0.29, 0.717) is 11.6 Å². The third-order valence-electron chi connectivity index (χ3n) is 5.04. The third kappa shape index (κ3) is 6.10. The molecule has 2 aromatic carbocycles. The Balaban J connectivity index is 2.23. The quantitative estimate of drug-likeness (QED) is 0.708. The maximum atomic E-state index is 13.1. The summed E-state index contributed by atoms with van der Waals surface area (Å²) < 4.78 is 0. The fourth-order valence-corrected chi connectivity index (χ4v) is 3.02. The topological polar surface area (TPSA) is 49.4 Å². The average Bonchev–Trinajstić information content (AvgIpc) is 2.68. The number of nitrogens with zero attached hydrogens (tertiary/aromatic N) is 1. The molecule has 0 aliphatic heterocycles. The molecular formula is C23H29ClN2O2. The summed E-state index contributed by atoms with van der Waals surface area (Å²) in [6, 6.07) is 14.7. The number of halogens is 1. The zero-order valence-corrected chi connectivity index (χ0v) is 17.8. The molecule has 0 aliphatic carbocycles. The maximum absolute atomic E-state index is 13.1. The lowest BCUT2D eigenvalue weighted by atomic mass is 10.1. The molecule has 0 saturated carbocycles. The van der Waals surface area contributed by atoms with Crippen LogP contribution in [0, 0.1) is 6.92 Å². The molecule has 0 bridgehead atoms. The number of nitrogens with one attached hydrogen (secondary N) is 1. The minimum Gasteiger partial charge on any atom is -0.352 e. The fraction of sp³-hybridized carbons (Fsp3) is 0.391. The molecule has 1 N–H and O–H groups in total. The van der Waals surface area contributed by atoms with Crippen LogP contribution in [0.15, 0.2) is 48.5 Å². The second-order valence-electron chi connectivity index (χ2n) is 7.25. The summed E-state index contributed by atoms with van der Waals surface area (Å²) in [5, 5.41) is 3.62. The second-order valence-corrected chi connectivity index (χ2v) is 7.68. The normalized spacial score (nSPS) is 12.9. The Morgan fingerprint density at radius 1 is 1.07 bits per heavy atom. The van der Waals surface area contributed by atoms with E-state index in [1.807, 2.05) is 57.2 Å². The zero-order chi connectivity index (χ0) is 20.7. The monoisotopic (exact) mass is 400 g/mol. The summed E-state index contributed by atoms with van der Waals surface area (Å²) in [6.07, 6.45) is 1.07. The van der Waals surface area contributed by atoms with Crippen LogP contribution in [0.5, 0.6) is 0 Å². The highest BCUT2D eigenvalue weighted by atomic mass is 35.5. The Bertz CT molecular complexity index is 805. The molecule has 0 fully saturated rings. The fourth-order valence-electron chi connectivity index (χ4n) is 2.90. The average molecular weight is 401 g/mol. The number of aryl methyl sites for hydroxylation is 1. The van der Waals surface area contributed by atoms with Gasteiger partial charge in [-0.25, -0.2) is 0 Å². The van der Waals surface area contributed by atoms with Crippen LogP contribution in [0.4, 0.5) is 0 Å². The minimum atomic E-state index is -0.562. The predicted octanol–water partition coefficient (Wildman–Crippen LogP) is 4.52. The van der Waals surface area contributed by atoms with Gasteiger partial charge in [0, 0.05) is 17.6 Å². The van der Waals surface area contributed by atoms with Crippen LogP contribution in [0.3, 0.4) is 0 Å². The van der Waals surface area contributed by atoms with Crippen LogP contribution in [-0.2, 0) is 22.6 Å². The largest absolute Gasteiger partial charge is 0.352 e. The van der Waals surface area contributed by atoms with Crippen molar-refractivity contribution in [2.24, 2.45) is 0 Å². The maximum Gasteiger partial charge on any atom is 0.242 e. The standard InChI is InChI=1S/C23H29ClN2O2/c1-5-17(3)25-23(28)18(4)26(15-20-9-7-6-8-16(20)2)22(27)14-19-10-12-21(24)13-11-19/h6-13,17-18H,5,14-15H2,1-4H3,(H,25,28)/t17-,18-/m1/s1. The van der Waals surface area contributed by atoms with Crippen LogP contribution < -0.4 is 5.32 Å². The number of amides is 2. The van der Waals surface area contributed by atoms with Crippen molar-refractivity contribution in [2.45, 2.75) is 59.2 Å². The van der Waals surface area contributed by atoms with Crippen molar-refractivity contribution in [3.8, 4) is 0 Å². The van der Waals surface area contributed by atoms with Crippen LogP contribution in [0.1, 0.15) is 43.9 Å². The molecule has 2 amide bonds. The first-order chi connectivity index (χ1) is 13.3. The molecule has 28 heavy (non-hydrogen) atoms. The predicted molar refractivity (Wildman–Crippen MR) is 114 cm³/mol. The van der Waals surface area contributed by atoms with Crippen LogP contribution in [0.25, 0.3) is 0 Å². The van der Waals surface area contributed by atoms with E-state index in [2.05, 4.69) is 5.32 Å². The summed E-state index contributed by atoms with van der Waals surface area (Å²) in [6.45, 7) is 8.18. The Hall–Kier alpha value is -2.33. The Kier molecular flexibility index (Phi) is 8.06. The highest BCUT2D eigenvalue weighted by molar-refractivity contribution is 6.30. The van der Waals surface area contributed by atoms with E-state index in [1.165, 1.54) is 0 Å². The number of carbonyl (C=O) groups excluding carboxylic acids is 2. The number of benzene rings is 2. The van der Waals surface area contributed by atoms with E-state index in [-0.39, 0.29) is 24.3 Å². The highest BCUT2D eigenvalue weighted by Gasteiger charge is 2.27. The van der Waals surface area contributed by atoms with Crippen molar-refractivity contribution in [2.75, 3.05) is 0 Å². The SMILES string of the molecule is CC[C@@H](C)NC(=O)[C@@H](C)N(Cc1ccccc1C)C(=O)Cc1ccc(Cl)cc1. The molecule has 150 valence electrons. The summed E-state index contributed by atoms with van der Waals surface area (Å²) in [4.78, 5) is 27.5. The van der Waals surface area contributed by atoms with Crippen molar-refractivity contribution >= 4 is 23.4 Å². The molecule has 2 atom stereocenters. The lowest BCUT2D eigenvalue weighted by Gasteiger charge is -2.30. The molecule has 0 spiro atoms. The van der Waals surface area contributed by atoms with Gasteiger partial charge in [-0.15, -0.1) is 0 Å². The first kappa shape index (κ1) is 22.0. The molecule has 2 aromatic rings. The summed E-state index contributed by atoms with van der Waals surface area (Å²) in [5.74, 6) is -0.218. The molecule has 2 rings (SSSR count). The first-order valence-electron chi connectivity index (χ1n) is 9.70. The van der Waals surface area contributed by atoms with Crippen molar-refractivity contribution in [1.29, 1.82) is 0 Å². The van der Waals surface area contributed by atoms with Gasteiger partial charge < -0.3 is 10.2 Å². The van der Waals surface area contributed by atoms with Gasteiger partial charge in [-0.1, -0.05) is 54.9 Å². The van der Waals surface area contributed by atoms with Gasteiger partial charge >= 0.3 is 0 Å². The smallest absolute Gasteiger partial charge is 0.242 e. The molecule has 5 heteroatoms. The van der Waals surface area contributed by atoms with Crippen molar-refractivity contribution in [1.82, 2.24) is 10.2 Å². The molecule has 0 aromatic heterocycles. The molecule has 0 aliphatic rings. The third-order valence-corrected chi connectivity index (χ3v) is 5.29. The first-order valence-corrected chi connectivity index (χ1v) is 10.1. The second kappa shape index (κ2) is 10.3. The van der Waals surface area contributed by atoms with Crippen LogP contribution in [0.2, 0.25) is 5.02 Å². The van der Waals surface area contributed by atoms with E-state index in [4.69, 9.17) is 11.6 Å². The molecular weight excluding hydrogens is 372 g/mol. The van der Waals surface area contributed by atoms with Gasteiger partial charge in [0.25, 0.3) is 0 Å². The van der Waals surface area contributed by atoms with E-state index >= 15 is 0 Å². The van der Waals surface area contributed by atoms with Gasteiger partial charge in [0.1, 0.15) is 6.04 Å². The van der Waals surface area contributed by atoms with E-state index < -0.39 is 6.04 Å². The lowest BCUT2D eigenvalue weighted by Crippen LogP contribution is -2.50.